The number of carbonyl (C=O) groups is 2. The summed E-state index contributed by atoms with van der Waals surface area (Å²) in [6, 6.07) is 13.6. The number of nitrogens with one attached hydrogen (secondary N) is 1. The van der Waals surface area contributed by atoms with Crippen molar-refractivity contribution in [2.24, 2.45) is 5.92 Å². The Morgan fingerprint density at radius 3 is 2.58 bits per heavy atom. The molecule has 2 aromatic carbocycles. The first-order valence-electron chi connectivity index (χ1n) is 8.80. The number of amides is 2. The summed E-state index contributed by atoms with van der Waals surface area (Å²) in [5.41, 5.74) is 2.97. The second-order valence-electron chi connectivity index (χ2n) is 6.79. The molecule has 26 heavy (non-hydrogen) atoms. The van der Waals surface area contributed by atoms with Crippen LogP contribution in [-0.2, 0) is 16.1 Å². The molecular formula is C21H23FN2O2. The zero-order valence-corrected chi connectivity index (χ0v) is 15.0. The van der Waals surface area contributed by atoms with Crippen LogP contribution in [0.15, 0.2) is 48.5 Å². The van der Waals surface area contributed by atoms with E-state index in [9.17, 15) is 14.0 Å². The van der Waals surface area contributed by atoms with Gasteiger partial charge in [0.1, 0.15) is 5.82 Å². The highest BCUT2D eigenvalue weighted by Gasteiger charge is 2.38. The Labute approximate surface area is 153 Å². The van der Waals surface area contributed by atoms with Crippen LogP contribution in [0.3, 0.4) is 0 Å². The van der Waals surface area contributed by atoms with E-state index in [1.807, 2.05) is 31.2 Å². The third-order valence-electron chi connectivity index (χ3n) is 5.12. The van der Waals surface area contributed by atoms with Gasteiger partial charge in [0.15, 0.2) is 0 Å². The average molecular weight is 354 g/mol. The predicted octanol–water partition coefficient (Wildman–Crippen LogP) is 3.36. The molecule has 5 heteroatoms. The van der Waals surface area contributed by atoms with Gasteiger partial charge in [-0.15, -0.1) is 0 Å². The van der Waals surface area contributed by atoms with Gasteiger partial charge in [0.2, 0.25) is 11.8 Å². The van der Waals surface area contributed by atoms with Crippen LogP contribution >= 0.6 is 0 Å². The molecule has 2 amide bonds. The zero-order valence-electron chi connectivity index (χ0n) is 15.0. The van der Waals surface area contributed by atoms with Crippen molar-refractivity contribution in [2.45, 2.75) is 32.4 Å². The molecule has 0 bridgehead atoms. The molecule has 1 fully saturated rings. The van der Waals surface area contributed by atoms with Gasteiger partial charge in [-0.3, -0.25) is 9.59 Å². The normalized spacial score (nSPS) is 20.1. The van der Waals surface area contributed by atoms with Crippen LogP contribution < -0.4 is 5.32 Å². The van der Waals surface area contributed by atoms with Gasteiger partial charge in [-0.25, -0.2) is 4.39 Å². The Morgan fingerprint density at radius 1 is 1.19 bits per heavy atom. The van der Waals surface area contributed by atoms with Gasteiger partial charge < -0.3 is 10.2 Å². The molecule has 1 aliphatic heterocycles. The second kappa shape index (κ2) is 7.68. The van der Waals surface area contributed by atoms with Crippen molar-refractivity contribution >= 4 is 11.8 Å². The lowest BCUT2D eigenvalue weighted by Gasteiger charge is -2.38. The number of rotatable bonds is 4. The Hall–Kier alpha value is -2.69. The molecular weight excluding hydrogens is 331 g/mol. The molecule has 1 N–H and O–H groups in total. The van der Waals surface area contributed by atoms with Crippen molar-refractivity contribution in [3.63, 3.8) is 0 Å². The van der Waals surface area contributed by atoms with Gasteiger partial charge in [-0.1, -0.05) is 36.4 Å². The minimum atomic E-state index is -0.381. The van der Waals surface area contributed by atoms with Crippen LogP contribution in [0.25, 0.3) is 0 Å². The number of aryl methyl sites for hydroxylation is 1. The maximum absolute atomic E-state index is 13.3. The zero-order chi connectivity index (χ0) is 18.7. The quantitative estimate of drug-likeness (QED) is 0.915. The molecule has 0 unspecified atom stereocenters. The minimum Gasteiger partial charge on any atom is -0.352 e. The maximum Gasteiger partial charge on any atom is 0.225 e. The molecule has 136 valence electrons. The van der Waals surface area contributed by atoms with Crippen LogP contribution in [0.5, 0.6) is 0 Å². The predicted molar refractivity (Wildman–Crippen MR) is 97.7 cm³/mol. The lowest BCUT2D eigenvalue weighted by molar-refractivity contribution is -0.141. The first-order chi connectivity index (χ1) is 12.5. The second-order valence-corrected chi connectivity index (χ2v) is 6.79. The maximum atomic E-state index is 13.3. The van der Waals surface area contributed by atoms with Crippen LogP contribution in [0.4, 0.5) is 4.39 Å². The molecule has 0 aromatic heterocycles. The number of nitrogens with zero attached hydrogens (tertiary/aromatic N) is 1. The van der Waals surface area contributed by atoms with Gasteiger partial charge in [0, 0.05) is 20.0 Å². The Morgan fingerprint density at radius 2 is 1.88 bits per heavy atom. The molecule has 3 rings (SSSR count). The number of hydrogen-bond acceptors (Lipinski definition) is 2. The fourth-order valence-electron chi connectivity index (χ4n) is 3.55. The standard InChI is InChI=1S/C21H23FN2O2/c1-14-5-3-4-6-16(14)13-23-21(26)18-11-12-19(25)24(2)20(18)15-7-9-17(22)10-8-15/h3-10,18,20H,11-13H2,1-2H3,(H,23,26)/t18-,20-/m1/s1. The van der Waals surface area contributed by atoms with E-state index in [-0.39, 0.29) is 29.6 Å². The Bertz CT molecular complexity index is 804. The molecule has 4 nitrogen and oxygen atoms in total. The van der Waals surface area contributed by atoms with Crippen molar-refractivity contribution in [1.82, 2.24) is 10.2 Å². The SMILES string of the molecule is Cc1ccccc1CNC(=O)[C@@H]1CCC(=O)N(C)[C@@H]1c1ccc(F)cc1. The van der Waals surface area contributed by atoms with E-state index in [1.54, 1.807) is 24.1 Å². The molecule has 0 saturated carbocycles. The first-order valence-corrected chi connectivity index (χ1v) is 8.80. The third kappa shape index (κ3) is 3.77. The Balaban J connectivity index is 1.79. The lowest BCUT2D eigenvalue weighted by Crippen LogP contribution is -2.46. The fraction of sp³-hybridized carbons (Fsp3) is 0.333. The molecule has 0 radical (unpaired) electrons. The van der Waals surface area contributed by atoms with E-state index in [1.165, 1.54) is 12.1 Å². The summed E-state index contributed by atoms with van der Waals surface area (Å²) in [5.74, 6) is -0.768. The summed E-state index contributed by atoms with van der Waals surface area (Å²) in [6.45, 7) is 2.46. The molecule has 1 heterocycles. The number of hydrogen-bond donors (Lipinski definition) is 1. The monoisotopic (exact) mass is 354 g/mol. The van der Waals surface area contributed by atoms with E-state index in [0.717, 1.165) is 16.7 Å². The van der Waals surface area contributed by atoms with Crippen molar-refractivity contribution in [1.29, 1.82) is 0 Å². The minimum absolute atomic E-state index is 0.00211. The highest BCUT2D eigenvalue weighted by atomic mass is 19.1. The van der Waals surface area contributed by atoms with Crippen molar-refractivity contribution in [3.05, 3.63) is 71.0 Å². The van der Waals surface area contributed by atoms with Gasteiger partial charge in [0.25, 0.3) is 0 Å². The smallest absolute Gasteiger partial charge is 0.225 e. The average Bonchev–Trinajstić information content (AvgIpc) is 2.64. The highest BCUT2D eigenvalue weighted by Crippen LogP contribution is 2.36. The topological polar surface area (TPSA) is 49.4 Å². The first kappa shape index (κ1) is 18.1. The molecule has 1 saturated heterocycles. The number of benzene rings is 2. The van der Waals surface area contributed by atoms with Crippen molar-refractivity contribution in [2.75, 3.05) is 7.05 Å². The van der Waals surface area contributed by atoms with E-state index >= 15 is 0 Å². The summed E-state index contributed by atoms with van der Waals surface area (Å²) in [5, 5.41) is 3.01. The van der Waals surface area contributed by atoms with E-state index < -0.39 is 0 Å². The van der Waals surface area contributed by atoms with Crippen LogP contribution in [0.1, 0.15) is 35.6 Å². The third-order valence-corrected chi connectivity index (χ3v) is 5.12. The van der Waals surface area contributed by atoms with Gasteiger partial charge in [-0.2, -0.15) is 0 Å². The highest BCUT2D eigenvalue weighted by molar-refractivity contribution is 5.84. The molecule has 0 aliphatic carbocycles. The van der Waals surface area contributed by atoms with Crippen LogP contribution in [0.2, 0.25) is 0 Å². The molecule has 1 aliphatic rings. The summed E-state index contributed by atoms with van der Waals surface area (Å²) in [6.07, 6.45) is 0.835. The number of likely N-dealkylation sites (tertiary alicyclic amines) is 1. The lowest BCUT2D eigenvalue weighted by atomic mass is 9.84. The van der Waals surface area contributed by atoms with E-state index in [0.29, 0.717) is 19.4 Å². The van der Waals surface area contributed by atoms with Gasteiger partial charge in [0.05, 0.1) is 12.0 Å². The van der Waals surface area contributed by atoms with Gasteiger partial charge in [-0.05, 0) is 42.2 Å². The number of piperidine rings is 1. The summed E-state index contributed by atoms with van der Waals surface area (Å²) >= 11 is 0. The fourth-order valence-corrected chi connectivity index (χ4v) is 3.55. The molecule has 2 atom stereocenters. The van der Waals surface area contributed by atoms with Crippen LogP contribution in [-0.4, -0.2) is 23.8 Å². The number of halogens is 1. The van der Waals surface area contributed by atoms with Gasteiger partial charge >= 0.3 is 0 Å². The van der Waals surface area contributed by atoms with Crippen molar-refractivity contribution < 1.29 is 14.0 Å². The van der Waals surface area contributed by atoms with Crippen molar-refractivity contribution in [3.8, 4) is 0 Å². The van der Waals surface area contributed by atoms with E-state index in [2.05, 4.69) is 5.32 Å². The summed E-state index contributed by atoms with van der Waals surface area (Å²) in [4.78, 5) is 26.6. The summed E-state index contributed by atoms with van der Waals surface area (Å²) < 4.78 is 13.3. The number of carbonyl (C=O) groups excluding carboxylic acids is 2. The van der Waals surface area contributed by atoms with Crippen LogP contribution in [0, 0.1) is 18.7 Å². The summed E-state index contributed by atoms with van der Waals surface area (Å²) in [7, 11) is 1.71. The molecule has 2 aromatic rings. The Kier molecular flexibility index (Phi) is 5.35. The molecule has 0 spiro atoms. The largest absolute Gasteiger partial charge is 0.352 e. The van der Waals surface area contributed by atoms with E-state index in [4.69, 9.17) is 0 Å².